The molecule has 1 saturated heterocycles. The average Bonchev–Trinajstić information content (AvgIpc) is 3.42. The van der Waals surface area contributed by atoms with Gasteiger partial charge < -0.3 is 10.1 Å². The third-order valence-electron chi connectivity index (χ3n) is 5.31. The zero-order valence-electron chi connectivity index (χ0n) is 13.9. The molecule has 0 aromatic heterocycles. The number of nitriles is 1. The number of hydrogen-bond acceptors (Lipinski definition) is 3. The summed E-state index contributed by atoms with van der Waals surface area (Å²) in [5.41, 5.74) is 2.33. The molecule has 4 rings (SSSR count). The van der Waals surface area contributed by atoms with Crippen LogP contribution in [0.25, 0.3) is 0 Å². The van der Waals surface area contributed by atoms with E-state index in [2.05, 4.69) is 23.5 Å². The van der Waals surface area contributed by atoms with E-state index in [9.17, 15) is 4.79 Å². The SMILES string of the molecule is N#Cc1cccc([C@@]2(CNC(=O)[C@H]3C[C@@H]3c3ccccc3)CCO2)c1. The summed E-state index contributed by atoms with van der Waals surface area (Å²) < 4.78 is 5.84. The van der Waals surface area contributed by atoms with Crippen LogP contribution in [0.3, 0.4) is 0 Å². The number of carbonyl (C=O) groups excluding carboxylic acids is 1. The van der Waals surface area contributed by atoms with Gasteiger partial charge in [0.25, 0.3) is 0 Å². The molecule has 1 amide bonds. The lowest BCUT2D eigenvalue weighted by Crippen LogP contribution is -2.50. The summed E-state index contributed by atoms with van der Waals surface area (Å²) in [6, 6.07) is 19.8. The first-order valence-electron chi connectivity index (χ1n) is 8.69. The van der Waals surface area contributed by atoms with Crippen LogP contribution in [0.2, 0.25) is 0 Å². The van der Waals surface area contributed by atoms with Crippen LogP contribution in [0.5, 0.6) is 0 Å². The zero-order valence-corrected chi connectivity index (χ0v) is 13.9. The summed E-state index contributed by atoms with van der Waals surface area (Å²) >= 11 is 0. The molecule has 4 heteroatoms. The number of rotatable bonds is 5. The van der Waals surface area contributed by atoms with Crippen molar-refractivity contribution in [2.45, 2.75) is 24.4 Å². The standard InChI is InChI=1S/C21H20N2O2/c22-13-15-5-4-8-17(11-15)21(9-10-25-21)14-23-20(24)19-12-18(19)16-6-2-1-3-7-16/h1-8,11,18-19H,9-10,12,14H2,(H,23,24)/t18-,19+,21+/m1/s1. The molecule has 1 heterocycles. The molecule has 2 fully saturated rings. The Balaban J connectivity index is 1.40. The monoisotopic (exact) mass is 332 g/mol. The molecule has 3 atom stereocenters. The van der Waals surface area contributed by atoms with Gasteiger partial charge >= 0.3 is 0 Å². The van der Waals surface area contributed by atoms with Gasteiger partial charge in [-0.1, -0.05) is 42.5 Å². The largest absolute Gasteiger partial charge is 0.368 e. The minimum absolute atomic E-state index is 0.0602. The van der Waals surface area contributed by atoms with Crippen molar-refractivity contribution in [3.8, 4) is 6.07 Å². The van der Waals surface area contributed by atoms with E-state index in [0.29, 0.717) is 24.6 Å². The molecule has 1 aliphatic carbocycles. The third-order valence-corrected chi connectivity index (χ3v) is 5.31. The molecule has 0 spiro atoms. The van der Waals surface area contributed by atoms with Crippen LogP contribution >= 0.6 is 0 Å². The van der Waals surface area contributed by atoms with E-state index in [0.717, 1.165) is 18.4 Å². The number of amides is 1. The molecule has 2 aromatic carbocycles. The molecule has 0 bridgehead atoms. The summed E-state index contributed by atoms with van der Waals surface area (Å²) in [6.07, 6.45) is 1.77. The van der Waals surface area contributed by atoms with E-state index in [1.165, 1.54) is 5.56 Å². The van der Waals surface area contributed by atoms with E-state index < -0.39 is 5.60 Å². The first-order chi connectivity index (χ1) is 12.2. The van der Waals surface area contributed by atoms with Gasteiger partial charge in [-0.3, -0.25) is 4.79 Å². The Labute approximate surface area is 147 Å². The lowest BCUT2D eigenvalue weighted by molar-refractivity contribution is -0.155. The maximum absolute atomic E-state index is 12.5. The Morgan fingerprint density at radius 3 is 2.72 bits per heavy atom. The van der Waals surface area contributed by atoms with Crippen molar-refractivity contribution < 1.29 is 9.53 Å². The minimum Gasteiger partial charge on any atom is -0.368 e. The smallest absolute Gasteiger partial charge is 0.223 e. The molecule has 2 aliphatic rings. The summed E-state index contributed by atoms with van der Waals surface area (Å²) in [4.78, 5) is 12.5. The average molecular weight is 332 g/mol. The fourth-order valence-corrected chi connectivity index (χ4v) is 3.60. The highest BCUT2D eigenvalue weighted by Crippen LogP contribution is 2.47. The molecule has 2 aromatic rings. The third kappa shape index (κ3) is 3.04. The van der Waals surface area contributed by atoms with Gasteiger partial charge in [0.05, 0.1) is 24.8 Å². The molecule has 126 valence electrons. The first kappa shape index (κ1) is 15.9. The van der Waals surface area contributed by atoms with Gasteiger partial charge in [-0.2, -0.15) is 5.26 Å². The van der Waals surface area contributed by atoms with Crippen molar-refractivity contribution in [1.29, 1.82) is 5.26 Å². The Morgan fingerprint density at radius 2 is 2.04 bits per heavy atom. The second kappa shape index (κ2) is 6.34. The van der Waals surface area contributed by atoms with Gasteiger partial charge in [-0.05, 0) is 35.6 Å². The number of carbonyl (C=O) groups is 1. The van der Waals surface area contributed by atoms with Crippen molar-refractivity contribution in [2.24, 2.45) is 5.92 Å². The molecule has 4 nitrogen and oxygen atoms in total. The fraction of sp³-hybridized carbons (Fsp3) is 0.333. The van der Waals surface area contributed by atoms with Gasteiger partial charge in [0.15, 0.2) is 0 Å². The number of hydrogen-bond donors (Lipinski definition) is 1. The van der Waals surface area contributed by atoms with Crippen LogP contribution in [-0.2, 0) is 15.1 Å². The van der Waals surface area contributed by atoms with Gasteiger partial charge in [-0.25, -0.2) is 0 Å². The van der Waals surface area contributed by atoms with E-state index >= 15 is 0 Å². The normalized spacial score (nSPS) is 27.0. The lowest BCUT2D eigenvalue weighted by atomic mass is 9.85. The van der Waals surface area contributed by atoms with Crippen LogP contribution < -0.4 is 5.32 Å². The lowest BCUT2D eigenvalue weighted by Gasteiger charge is -2.42. The molecule has 1 N–H and O–H groups in total. The van der Waals surface area contributed by atoms with Crippen molar-refractivity contribution in [3.63, 3.8) is 0 Å². The molecular weight excluding hydrogens is 312 g/mol. The summed E-state index contributed by atoms with van der Waals surface area (Å²) in [7, 11) is 0. The second-order valence-electron chi connectivity index (χ2n) is 6.86. The van der Waals surface area contributed by atoms with E-state index in [1.54, 1.807) is 6.07 Å². The van der Waals surface area contributed by atoms with Crippen LogP contribution in [0.1, 0.15) is 35.4 Å². The highest BCUT2D eigenvalue weighted by atomic mass is 16.5. The fourth-order valence-electron chi connectivity index (χ4n) is 3.60. The maximum atomic E-state index is 12.5. The van der Waals surface area contributed by atoms with Crippen molar-refractivity contribution in [3.05, 3.63) is 71.3 Å². The summed E-state index contributed by atoms with van der Waals surface area (Å²) in [5.74, 6) is 0.492. The topological polar surface area (TPSA) is 62.1 Å². The van der Waals surface area contributed by atoms with Gasteiger partial charge in [0, 0.05) is 12.3 Å². The maximum Gasteiger partial charge on any atom is 0.223 e. The zero-order chi connectivity index (χ0) is 17.3. The van der Waals surface area contributed by atoms with Crippen molar-refractivity contribution in [2.75, 3.05) is 13.2 Å². The van der Waals surface area contributed by atoms with Crippen LogP contribution in [0.4, 0.5) is 0 Å². The number of nitrogens with zero attached hydrogens (tertiary/aromatic N) is 1. The Hall–Kier alpha value is -2.64. The van der Waals surface area contributed by atoms with Gasteiger partial charge in [-0.15, -0.1) is 0 Å². The van der Waals surface area contributed by atoms with E-state index in [4.69, 9.17) is 10.00 Å². The van der Waals surface area contributed by atoms with E-state index in [1.807, 2.05) is 36.4 Å². The quantitative estimate of drug-likeness (QED) is 0.915. The van der Waals surface area contributed by atoms with Crippen molar-refractivity contribution in [1.82, 2.24) is 5.32 Å². The predicted octanol–water partition coefficient (Wildman–Crippen LogP) is 3.09. The first-order valence-corrected chi connectivity index (χ1v) is 8.69. The van der Waals surface area contributed by atoms with E-state index in [-0.39, 0.29) is 11.8 Å². The molecular formula is C21H20N2O2. The Morgan fingerprint density at radius 1 is 1.24 bits per heavy atom. The van der Waals surface area contributed by atoms with Crippen LogP contribution in [0.15, 0.2) is 54.6 Å². The predicted molar refractivity (Wildman–Crippen MR) is 93.7 cm³/mol. The van der Waals surface area contributed by atoms with Crippen LogP contribution in [-0.4, -0.2) is 19.1 Å². The van der Waals surface area contributed by atoms with Gasteiger partial charge in [0.2, 0.25) is 5.91 Å². The second-order valence-corrected chi connectivity index (χ2v) is 6.86. The number of ether oxygens (including phenoxy) is 1. The Bertz CT molecular complexity index is 821. The summed E-state index contributed by atoms with van der Waals surface area (Å²) in [6.45, 7) is 1.14. The number of nitrogens with one attached hydrogen (secondary N) is 1. The van der Waals surface area contributed by atoms with Gasteiger partial charge in [0.1, 0.15) is 5.60 Å². The minimum atomic E-state index is -0.486. The summed E-state index contributed by atoms with van der Waals surface area (Å²) in [5, 5.41) is 12.2. The van der Waals surface area contributed by atoms with Crippen LogP contribution in [0, 0.1) is 17.2 Å². The molecule has 1 aliphatic heterocycles. The molecule has 1 saturated carbocycles. The molecule has 25 heavy (non-hydrogen) atoms. The molecule has 0 radical (unpaired) electrons. The Kier molecular flexibility index (Phi) is 4.03. The highest BCUT2D eigenvalue weighted by Gasteiger charge is 2.46. The number of benzene rings is 2. The van der Waals surface area contributed by atoms with Crippen molar-refractivity contribution >= 4 is 5.91 Å². The highest BCUT2D eigenvalue weighted by molar-refractivity contribution is 5.83. The molecule has 0 unspecified atom stereocenters.